The van der Waals surface area contributed by atoms with Gasteiger partial charge in [-0.1, -0.05) is 19.3 Å². The quantitative estimate of drug-likeness (QED) is 0.455. The molecule has 166 valence electrons. The summed E-state index contributed by atoms with van der Waals surface area (Å²) in [7, 11) is 2.16. The minimum atomic E-state index is -0.254. The smallest absolute Gasteiger partial charge is 0.151 e. The van der Waals surface area contributed by atoms with E-state index in [4.69, 9.17) is 4.98 Å². The summed E-state index contributed by atoms with van der Waals surface area (Å²) >= 11 is 0. The van der Waals surface area contributed by atoms with Gasteiger partial charge in [0.2, 0.25) is 0 Å². The van der Waals surface area contributed by atoms with E-state index in [0.717, 1.165) is 77.5 Å². The first-order valence-corrected chi connectivity index (χ1v) is 11.9. The Hall–Kier alpha value is -2.73. The second-order valence-corrected chi connectivity index (χ2v) is 9.79. The Morgan fingerprint density at radius 1 is 1.09 bits per heavy atom. The number of aromatic nitrogens is 4. The summed E-state index contributed by atoms with van der Waals surface area (Å²) in [6.07, 6.45) is 9.14. The molecule has 6 heteroatoms. The molecule has 1 saturated heterocycles. The lowest BCUT2D eigenvalue weighted by Gasteiger charge is -2.30. The summed E-state index contributed by atoms with van der Waals surface area (Å²) in [5.74, 6) is 1.43. The Kier molecular flexibility index (Phi) is 4.79. The zero-order chi connectivity index (χ0) is 21.8. The number of nitrogens with zero attached hydrogens (tertiary/aromatic N) is 4. The average molecular weight is 432 g/mol. The van der Waals surface area contributed by atoms with E-state index >= 15 is 4.39 Å². The van der Waals surface area contributed by atoms with Gasteiger partial charge in [0.25, 0.3) is 0 Å². The van der Waals surface area contributed by atoms with Crippen LogP contribution in [0.15, 0.2) is 30.5 Å². The van der Waals surface area contributed by atoms with Gasteiger partial charge in [-0.3, -0.25) is 0 Å². The molecule has 0 spiro atoms. The van der Waals surface area contributed by atoms with Crippen molar-refractivity contribution in [1.29, 1.82) is 0 Å². The first-order chi connectivity index (χ1) is 15.6. The monoisotopic (exact) mass is 431 g/mol. The van der Waals surface area contributed by atoms with Crippen molar-refractivity contribution in [3.8, 4) is 11.1 Å². The molecule has 4 aromatic rings. The maximum absolute atomic E-state index is 15.2. The molecule has 1 aromatic carbocycles. The van der Waals surface area contributed by atoms with Crippen molar-refractivity contribution < 1.29 is 4.39 Å². The molecule has 6 rings (SSSR count). The molecule has 0 amide bonds. The van der Waals surface area contributed by atoms with Crippen LogP contribution in [0.2, 0.25) is 0 Å². The van der Waals surface area contributed by atoms with Gasteiger partial charge in [0.05, 0.1) is 5.52 Å². The van der Waals surface area contributed by atoms with E-state index < -0.39 is 0 Å². The van der Waals surface area contributed by atoms with Crippen LogP contribution in [0.3, 0.4) is 0 Å². The van der Waals surface area contributed by atoms with E-state index in [1.54, 1.807) is 6.07 Å². The molecule has 1 aliphatic carbocycles. The highest BCUT2D eigenvalue weighted by Crippen LogP contribution is 2.35. The highest BCUT2D eigenvalue weighted by Gasteiger charge is 2.24. The summed E-state index contributed by atoms with van der Waals surface area (Å²) in [6, 6.07) is 8.38. The number of hydrogen-bond acceptors (Lipinski definition) is 3. The van der Waals surface area contributed by atoms with E-state index in [1.165, 1.54) is 19.3 Å². The third kappa shape index (κ3) is 3.32. The Bertz CT molecular complexity index is 1290. The van der Waals surface area contributed by atoms with Crippen LogP contribution < -0.4 is 0 Å². The number of likely N-dealkylation sites (tertiary alicyclic amines) is 1. The molecule has 1 N–H and O–H groups in total. The number of benzene rings is 1. The fraction of sp³-hybridized carbons (Fsp3) is 0.462. The van der Waals surface area contributed by atoms with Gasteiger partial charge in [-0.2, -0.15) is 0 Å². The number of halogens is 1. The van der Waals surface area contributed by atoms with Crippen molar-refractivity contribution in [3.05, 3.63) is 47.8 Å². The third-order valence-electron chi connectivity index (χ3n) is 7.61. The number of pyridine rings is 1. The minimum absolute atomic E-state index is 0.254. The van der Waals surface area contributed by atoms with Crippen LogP contribution in [0.25, 0.3) is 33.2 Å². The Balaban J connectivity index is 1.41. The number of aryl methyl sites for hydroxylation is 1. The number of imidazole rings is 1. The summed E-state index contributed by atoms with van der Waals surface area (Å²) in [5, 5.41) is 1.04. The van der Waals surface area contributed by atoms with Gasteiger partial charge in [-0.05, 0) is 82.1 Å². The van der Waals surface area contributed by atoms with Gasteiger partial charge in [0.1, 0.15) is 17.0 Å². The SMILES string of the molecule is Cc1nc2c(F)cc(-c3c[nH]c4nc(CC5CCC5)ccc34)cc2n1C1CCN(C)CC1. The zero-order valence-corrected chi connectivity index (χ0v) is 18.9. The first-order valence-electron chi connectivity index (χ1n) is 11.9. The molecule has 4 heterocycles. The molecule has 2 fully saturated rings. The van der Waals surface area contributed by atoms with Gasteiger partial charge >= 0.3 is 0 Å². The third-order valence-corrected chi connectivity index (χ3v) is 7.61. The van der Waals surface area contributed by atoms with Crippen LogP contribution in [0, 0.1) is 18.7 Å². The topological polar surface area (TPSA) is 49.7 Å². The molecule has 0 bridgehead atoms. The maximum Gasteiger partial charge on any atom is 0.151 e. The van der Waals surface area contributed by atoms with Gasteiger partial charge in [0.15, 0.2) is 5.82 Å². The summed E-state index contributed by atoms with van der Waals surface area (Å²) in [6.45, 7) is 4.11. The predicted octanol–water partition coefficient (Wildman–Crippen LogP) is 5.64. The normalized spacial score (nSPS) is 18.6. The van der Waals surface area contributed by atoms with Crippen LogP contribution in [-0.2, 0) is 6.42 Å². The molecule has 2 aliphatic rings. The summed E-state index contributed by atoms with van der Waals surface area (Å²) in [4.78, 5) is 15.1. The summed E-state index contributed by atoms with van der Waals surface area (Å²) < 4.78 is 17.5. The fourth-order valence-electron chi connectivity index (χ4n) is 5.53. The van der Waals surface area contributed by atoms with E-state index in [-0.39, 0.29) is 5.82 Å². The van der Waals surface area contributed by atoms with E-state index in [1.807, 2.05) is 13.1 Å². The molecule has 0 radical (unpaired) electrons. The Labute approximate surface area is 187 Å². The lowest BCUT2D eigenvalue weighted by Crippen LogP contribution is -2.31. The number of H-pyrrole nitrogens is 1. The highest BCUT2D eigenvalue weighted by atomic mass is 19.1. The van der Waals surface area contributed by atoms with Crippen LogP contribution >= 0.6 is 0 Å². The van der Waals surface area contributed by atoms with Crippen molar-refractivity contribution in [1.82, 2.24) is 24.4 Å². The Morgan fingerprint density at radius 2 is 1.91 bits per heavy atom. The van der Waals surface area contributed by atoms with Gasteiger partial charge < -0.3 is 14.5 Å². The van der Waals surface area contributed by atoms with Crippen molar-refractivity contribution in [2.45, 2.75) is 51.5 Å². The van der Waals surface area contributed by atoms with Gasteiger partial charge in [-0.25, -0.2) is 14.4 Å². The van der Waals surface area contributed by atoms with Crippen molar-refractivity contribution in [2.24, 2.45) is 5.92 Å². The van der Waals surface area contributed by atoms with E-state index in [9.17, 15) is 0 Å². The zero-order valence-electron chi connectivity index (χ0n) is 18.9. The lowest BCUT2D eigenvalue weighted by atomic mass is 9.82. The standard InChI is InChI=1S/C26H30FN5/c1-16-29-25-23(27)13-18(14-24(25)32(16)20-8-10-31(2)11-9-20)22-15-28-26-21(22)7-6-19(30-26)12-17-4-3-5-17/h6-7,13-15,17,20H,3-5,8-12H2,1-2H3,(H,28,30). The van der Waals surface area contributed by atoms with Gasteiger partial charge in [0, 0.05) is 28.9 Å². The van der Waals surface area contributed by atoms with Crippen molar-refractivity contribution in [3.63, 3.8) is 0 Å². The van der Waals surface area contributed by atoms with Crippen molar-refractivity contribution in [2.75, 3.05) is 20.1 Å². The van der Waals surface area contributed by atoms with E-state index in [0.29, 0.717) is 11.6 Å². The molecule has 5 nitrogen and oxygen atoms in total. The number of rotatable bonds is 4. The largest absolute Gasteiger partial charge is 0.346 e. The summed E-state index contributed by atoms with van der Waals surface area (Å²) in [5.41, 5.74) is 5.29. The number of piperidine rings is 1. The minimum Gasteiger partial charge on any atom is -0.346 e. The van der Waals surface area contributed by atoms with E-state index in [2.05, 4.69) is 44.7 Å². The average Bonchev–Trinajstić information content (AvgIpc) is 3.32. The van der Waals surface area contributed by atoms with Crippen LogP contribution in [0.5, 0.6) is 0 Å². The second-order valence-electron chi connectivity index (χ2n) is 9.79. The first kappa shape index (κ1) is 19.9. The van der Waals surface area contributed by atoms with Crippen LogP contribution in [0.4, 0.5) is 4.39 Å². The molecule has 1 saturated carbocycles. The number of fused-ring (bicyclic) bond motifs is 2. The Morgan fingerprint density at radius 3 is 2.66 bits per heavy atom. The number of aromatic amines is 1. The predicted molar refractivity (Wildman–Crippen MR) is 126 cm³/mol. The molecular formula is C26H30FN5. The molecular weight excluding hydrogens is 401 g/mol. The molecule has 0 atom stereocenters. The lowest BCUT2D eigenvalue weighted by molar-refractivity contribution is 0.222. The van der Waals surface area contributed by atoms with Crippen LogP contribution in [-0.4, -0.2) is 44.6 Å². The van der Waals surface area contributed by atoms with Gasteiger partial charge in [-0.15, -0.1) is 0 Å². The second kappa shape index (κ2) is 7.69. The number of hydrogen-bond donors (Lipinski definition) is 1. The molecule has 3 aromatic heterocycles. The molecule has 1 aliphatic heterocycles. The fourth-order valence-corrected chi connectivity index (χ4v) is 5.53. The van der Waals surface area contributed by atoms with Crippen molar-refractivity contribution >= 4 is 22.1 Å². The molecule has 32 heavy (non-hydrogen) atoms. The van der Waals surface area contributed by atoms with Crippen LogP contribution in [0.1, 0.15) is 49.7 Å². The molecule has 0 unspecified atom stereocenters. The highest BCUT2D eigenvalue weighted by molar-refractivity contribution is 5.96. The number of nitrogens with one attached hydrogen (secondary N) is 1. The maximum atomic E-state index is 15.2.